The summed E-state index contributed by atoms with van der Waals surface area (Å²) in [4.78, 5) is 12.5. The molecule has 7 nitrogen and oxygen atoms in total. The van der Waals surface area contributed by atoms with E-state index in [1.165, 1.54) is 19.3 Å². The third-order valence-corrected chi connectivity index (χ3v) is 5.31. The lowest BCUT2D eigenvalue weighted by molar-refractivity contribution is -0.125. The van der Waals surface area contributed by atoms with Crippen molar-refractivity contribution in [1.82, 2.24) is 25.9 Å². The summed E-state index contributed by atoms with van der Waals surface area (Å²) < 4.78 is 5.36. The van der Waals surface area contributed by atoms with Crippen LogP contribution in [0.1, 0.15) is 44.0 Å². The van der Waals surface area contributed by atoms with E-state index in [0.717, 1.165) is 26.1 Å². The van der Waals surface area contributed by atoms with Crippen LogP contribution in [-0.2, 0) is 9.53 Å². The molecule has 2 saturated carbocycles. The van der Waals surface area contributed by atoms with Gasteiger partial charge in [-0.25, -0.2) is 0 Å². The average molecular weight is 291 g/mol. The highest BCUT2D eigenvalue weighted by Crippen LogP contribution is 2.51. The fraction of sp³-hybridized carbons (Fsp3) is 0.857. The number of hydrogen-bond donors (Lipinski definition) is 2. The molecule has 3 fully saturated rings. The van der Waals surface area contributed by atoms with Crippen molar-refractivity contribution in [3.63, 3.8) is 0 Å². The summed E-state index contributed by atoms with van der Waals surface area (Å²) in [6.07, 6.45) is 5.97. The van der Waals surface area contributed by atoms with Gasteiger partial charge in [-0.2, -0.15) is 5.21 Å². The highest BCUT2D eigenvalue weighted by molar-refractivity contribution is 5.82. The molecule has 0 bridgehead atoms. The van der Waals surface area contributed by atoms with Crippen molar-refractivity contribution >= 4 is 5.91 Å². The number of rotatable bonds is 4. The molecule has 2 aliphatic carbocycles. The standard InChI is InChI=1S/C14H21N5O2/c20-14(11-9-6-21-7-10(9)11)15-12(13-16-18-19-17-13)8-4-2-1-3-5-8/h8-12H,1-7H2,(H,15,20)(H,16,17,18,19)/t9-,10+,11?,12?. The molecule has 1 aromatic heterocycles. The van der Waals surface area contributed by atoms with Crippen LogP contribution in [-0.4, -0.2) is 39.7 Å². The second-order valence-corrected chi connectivity index (χ2v) is 6.55. The zero-order valence-electron chi connectivity index (χ0n) is 12.0. The topological polar surface area (TPSA) is 92.8 Å². The van der Waals surface area contributed by atoms with Gasteiger partial charge in [0.1, 0.15) is 0 Å². The van der Waals surface area contributed by atoms with Crippen LogP contribution in [0.25, 0.3) is 0 Å². The van der Waals surface area contributed by atoms with Crippen LogP contribution >= 0.6 is 0 Å². The smallest absolute Gasteiger partial charge is 0.224 e. The second kappa shape index (κ2) is 5.36. The normalized spacial score (nSPS) is 33.4. The molecule has 1 aliphatic heterocycles. The van der Waals surface area contributed by atoms with E-state index in [0.29, 0.717) is 23.6 Å². The molecule has 0 radical (unpaired) electrons. The van der Waals surface area contributed by atoms with Crippen LogP contribution in [0, 0.1) is 23.7 Å². The van der Waals surface area contributed by atoms with Gasteiger partial charge < -0.3 is 10.1 Å². The van der Waals surface area contributed by atoms with E-state index in [1.54, 1.807) is 0 Å². The summed E-state index contributed by atoms with van der Waals surface area (Å²) in [6.45, 7) is 1.47. The van der Waals surface area contributed by atoms with Crippen LogP contribution in [0.3, 0.4) is 0 Å². The van der Waals surface area contributed by atoms with E-state index in [2.05, 4.69) is 25.9 Å². The lowest BCUT2D eigenvalue weighted by Gasteiger charge is -2.29. The fourth-order valence-corrected chi connectivity index (χ4v) is 4.04. The van der Waals surface area contributed by atoms with Crippen molar-refractivity contribution in [1.29, 1.82) is 0 Å². The minimum atomic E-state index is -0.0983. The minimum absolute atomic E-state index is 0.0983. The molecule has 0 spiro atoms. The summed E-state index contributed by atoms with van der Waals surface area (Å²) in [7, 11) is 0. The number of amides is 1. The minimum Gasteiger partial charge on any atom is -0.381 e. The SMILES string of the molecule is O=C(NC(c1nn[nH]n1)C1CCCCC1)C1[C@H]2COC[C@@H]12. The second-order valence-electron chi connectivity index (χ2n) is 6.55. The fourth-order valence-electron chi connectivity index (χ4n) is 4.04. The first-order chi connectivity index (χ1) is 10.3. The van der Waals surface area contributed by atoms with Gasteiger partial charge in [0.05, 0.1) is 19.3 Å². The summed E-state index contributed by atoms with van der Waals surface area (Å²) >= 11 is 0. The quantitative estimate of drug-likeness (QED) is 0.857. The Morgan fingerprint density at radius 1 is 1.24 bits per heavy atom. The molecule has 3 aliphatic rings. The van der Waals surface area contributed by atoms with E-state index >= 15 is 0 Å². The third-order valence-electron chi connectivity index (χ3n) is 5.31. The number of tetrazole rings is 1. The highest BCUT2D eigenvalue weighted by Gasteiger charge is 2.58. The van der Waals surface area contributed by atoms with Crippen molar-refractivity contribution in [2.75, 3.05) is 13.2 Å². The number of carbonyl (C=O) groups is 1. The van der Waals surface area contributed by atoms with Crippen LogP contribution in [0.2, 0.25) is 0 Å². The molecule has 21 heavy (non-hydrogen) atoms. The third kappa shape index (κ3) is 2.43. The predicted molar refractivity (Wildman–Crippen MR) is 72.9 cm³/mol. The Labute approximate surface area is 123 Å². The molecule has 4 atom stereocenters. The van der Waals surface area contributed by atoms with Gasteiger partial charge in [0.25, 0.3) is 0 Å². The van der Waals surface area contributed by atoms with Crippen LogP contribution < -0.4 is 5.32 Å². The monoisotopic (exact) mass is 291 g/mol. The number of aromatic nitrogens is 4. The summed E-state index contributed by atoms with van der Waals surface area (Å²) in [5, 5.41) is 17.6. The number of H-pyrrole nitrogens is 1. The van der Waals surface area contributed by atoms with Gasteiger partial charge in [0.15, 0.2) is 5.82 Å². The molecule has 7 heteroatoms. The zero-order valence-corrected chi connectivity index (χ0v) is 12.0. The predicted octanol–water partition coefficient (Wildman–Crippen LogP) is 0.830. The van der Waals surface area contributed by atoms with Gasteiger partial charge in [-0.15, -0.1) is 10.2 Å². The first-order valence-electron chi connectivity index (χ1n) is 7.96. The van der Waals surface area contributed by atoms with Crippen LogP contribution in [0.4, 0.5) is 0 Å². The van der Waals surface area contributed by atoms with Crippen molar-refractivity contribution in [3.8, 4) is 0 Å². The molecular formula is C14H21N5O2. The van der Waals surface area contributed by atoms with Crippen molar-refractivity contribution < 1.29 is 9.53 Å². The number of nitrogens with one attached hydrogen (secondary N) is 2. The Morgan fingerprint density at radius 3 is 2.67 bits per heavy atom. The van der Waals surface area contributed by atoms with Gasteiger partial charge in [0.2, 0.25) is 5.91 Å². The van der Waals surface area contributed by atoms with Gasteiger partial charge >= 0.3 is 0 Å². The van der Waals surface area contributed by atoms with E-state index in [4.69, 9.17) is 4.74 Å². The Balaban J connectivity index is 1.46. The van der Waals surface area contributed by atoms with E-state index in [9.17, 15) is 4.79 Å². The zero-order chi connectivity index (χ0) is 14.2. The van der Waals surface area contributed by atoms with Gasteiger partial charge in [-0.1, -0.05) is 24.5 Å². The lowest BCUT2D eigenvalue weighted by Crippen LogP contribution is -2.37. The van der Waals surface area contributed by atoms with Crippen molar-refractivity contribution in [2.45, 2.75) is 38.1 Å². The largest absolute Gasteiger partial charge is 0.381 e. The van der Waals surface area contributed by atoms with E-state index in [1.807, 2.05) is 0 Å². The summed E-state index contributed by atoms with van der Waals surface area (Å²) in [5.74, 6) is 2.20. The molecule has 2 N–H and O–H groups in total. The Hall–Kier alpha value is -1.50. The Morgan fingerprint density at radius 2 is 2.00 bits per heavy atom. The molecule has 2 heterocycles. The van der Waals surface area contributed by atoms with Gasteiger partial charge in [-0.3, -0.25) is 4.79 Å². The molecule has 1 saturated heterocycles. The van der Waals surface area contributed by atoms with Gasteiger partial charge in [-0.05, 0) is 30.6 Å². The number of fused-ring (bicyclic) bond motifs is 1. The summed E-state index contributed by atoms with van der Waals surface area (Å²) in [6, 6.07) is -0.0983. The maximum atomic E-state index is 12.5. The maximum Gasteiger partial charge on any atom is 0.224 e. The summed E-state index contributed by atoms with van der Waals surface area (Å²) in [5.41, 5.74) is 0. The molecular weight excluding hydrogens is 270 g/mol. The first-order valence-corrected chi connectivity index (χ1v) is 7.96. The Kier molecular flexibility index (Phi) is 3.37. The van der Waals surface area contributed by atoms with Crippen molar-refractivity contribution in [2.24, 2.45) is 23.7 Å². The number of ether oxygens (including phenoxy) is 1. The van der Waals surface area contributed by atoms with Crippen LogP contribution in [0.15, 0.2) is 0 Å². The number of hydrogen-bond acceptors (Lipinski definition) is 5. The van der Waals surface area contributed by atoms with Gasteiger partial charge in [0, 0.05) is 5.92 Å². The number of nitrogens with zero attached hydrogens (tertiary/aromatic N) is 3. The average Bonchev–Trinajstić information content (AvgIpc) is 2.94. The maximum absolute atomic E-state index is 12.5. The Bertz CT molecular complexity index is 489. The molecule has 114 valence electrons. The van der Waals surface area contributed by atoms with Crippen LogP contribution in [0.5, 0.6) is 0 Å². The van der Waals surface area contributed by atoms with E-state index < -0.39 is 0 Å². The van der Waals surface area contributed by atoms with Crippen molar-refractivity contribution in [3.05, 3.63) is 5.82 Å². The molecule has 2 unspecified atom stereocenters. The molecule has 1 aromatic rings. The highest BCUT2D eigenvalue weighted by atomic mass is 16.5. The van der Waals surface area contributed by atoms with E-state index in [-0.39, 0.29) is 17.9 Å². The first kappa shape index (κ1) is 13.2. The molecule has 4 rings (SSSR count). The lowest BCUT2D eigenvalue weighted by atomic mass is 9.83. The number of aromatic amines is 1. The molecule has 0 aromatic carbocycles. The number of carbonyl (C=O) groups excluding carboxylic acids is 1. The molecule has 1 amide bonds.